The topological polar surface area (TPSA) is 53.3 Å². The molecule has 1 saturated heterocycles. The number of nitriles is 1. The minimum Gasteiger partial charge on any atom is -0.464 e. The van der Waals surface area contributed by atoms with E-state index in [9.17, 15) is 4.79 Å². The van der Waals surface area contributed by atoms with Crippen molar-refractivity contribution in [1.29, 1.82) is 5.26 Å². The molecule has 0 aromatic rings. The number of likely N-dealkylation sites (N-methyl/N-ethyl adjacent to an activating group) is 1. The molecule has 1 amide bonds. The molecule has 0 aromatic heterocycles. The van der Waals surface area contributed by atoms with Crippen molar-refractivity contribution in [3.8, 4) is 6.07 Å². The van der Waals surface area contributed by atoms with Crippen LogP contribution in [0.15, 0.2) is 12.0 Å². The molecule has 20 heavy (non-hydrogen) atoms. The zero-order valence-electron chi connectivity index (χ0n) is 11.8. The summed E-state index contributed by atoms with van der Waals surface area (Å²) in [7, 11) is 1.71. The van der Waals surface area contributed by atoms with Crippen LogP contribution in [0.4, 0.5) is 0 Å². The van der Waals surface area contributed by atoms with E-state index in [1.165, 1.54) is 43.1 Å². The number of allylic oxidation sites excluding steroid dienone is 1. The first kappa shape index (κ1) is 12.3. The third-order valence-electron chi connectivity index (χ3n) is 5.99. The number of ether oxygens (including phenoxy) is 1. The lowest BCUT2D eigenvalue weighted by Crippen LogP contribution is -2.51. The summed E-state index contributed by atoms with van der Waals surface area (Å²) in [6.45, 7) is 0. The van der Waals surface area contributed by atoms with E-state index in [4.69, 9.17) is 10.00 Å². The Morgan fingerprint density at radius 2 is 1.80 bits per heavy atom. The van der Waals surface area contributed by atoms with Crippen molar-refractivity contribution in [2.45, 2.75) is 38.2 Å². The van der Waals surface area contributed by atoms with Crippen LogP contribution in [-0.4, -0.2) is 24.0 Å². The number of nitrogens with zero attached hydrogens (tertiary/aromatic N) is 2. The fourth-order valence-electron chi connectivity index (χ4n) is 5.45. The molecule has 5 aliphatic rings. The number of carbonyl (C=O) groups excluding carboxylic acids is 1. The van der Waals surface area contributed by atoms with Crippen molar-refractivity contribution >= 4 is 5.91 Å². The van der Waals surface area contributed by atoms with Gasteiger partial charge in [0.15, 0.2) is 6.10 Å². The van der Waals surface area contributed by atoms with Crippen LogP contribution in [0.5, 0.6) is 0 Å². The van der Waals surface area contributed by atoms with Gasteiger partial charge in [0.05, 0.1) is 12.1 Å². The Labute approximate surface area is 119 Å². The molecule has 0 radical (unpaired) electrons. The Balaban J connectivity index is 1.61. The van der Waals surface area contributed by atoms with Crippen molar-refractivity contribution in [2.24, 2.45) is 29.6 Å². The predicted octanol–water partition coefficient (Wildman–Crippen LogP) is 2.28. The highest BCUT2D eigenvalue weighted by atomic mass is 16.5. The molecule has 0 aromatic carbocycles. The minimum absolute atomic E-state index is 0.0453. The third kappa shape index (κ3) is 1.62. The molecule has 0 N–H and O–H groups in total. The summed E-state index contributed by atoms with van der Waals surface area (Å²) in [5.41, 5.74) is 0. The normalized spacial score (nSPS) is 47.7. The highest BCUT2D eigenvalue weighted by molar-refractivity contribution is 5.85. The molecule has 1 aliphatic heterocycles. The predicted molar refractivity (Wildman–Crippen MR) is 71.9 cm³/mol. The first-order chi connectivity index (χ1) is 9.67. The van der Waals surface area contributed by atoms with E-state index in [1.54, 1.807) is 7.05 Å². The highest BCUT2D eigenvalue weighted by Gasteiger charge is 2.55. The van der Waals surface area contributed by atoms with Crippen LogP contribution in [0.25, 0.3) is 0 Å². The number of amides is 1. The van der Waals surface area contributed by atoms with Crippen molar-refractivity contribution in [2.75, 3.05) is 7.05 Å². The lowest BCUT2D eigenvalue weighted by atomic mass is 9.51. The quantitative estimate of drug-likeness (QED) is 0.688. The first-order valence-electron chi connectivity index (χ1n) is 7.71. The summed E-state index contributed by atoms with van der Waals surface area (Å²) in [6.07, 6.45) is 7.55. The van der Waals surface area contributed by atoms with Crippen molar-refractivity contribution in [3.63, 3.8) is 0 Å². The molecule has 4 nitrogen and oxygen atoms in total. The van der Waals surface area contributed by atoms with Crippen LogP contribution >= 0.6 is 0 Å². The van der Waals surface area contributed by atoms with Crippen LogP contribution in [-0.2, 0) is 9.53 Å². The second-order valence-electron chi connectivity index (χ2n) is 7.06. The van der Waals surface area contributed by atoms with E-state index in [1.807, 2.05) is 6.07 Å². The van der Waals surface area contributed by atoms with E-state index in [0.29, 0.717) is 23.6 Å². The Morgan fingerprint density at radius 3 is 2.35 bits per heavy atom. The van der Waals surface area contributed by atoms with Crippen molar-refractivity contribution < 1.29 is 9.53 Å². The summed E-state index contributed by atoms with van der Waals surface area (Å²) in [5, 5.41) is 8.78. The maximum absolute atomic E-state index is 12.5. The van der Waals surface area contributed by atoms with Crippen LogP contribution < -0.4 is 0 Å². The van der Waals surface area contributed by atoms with Crippen molar-refractivity contribution in [1.82, 2.24) is 4.90 Å². The molecule has 106 valence electrons. The lowest BCUT2D eigenvalue weighted by molar-refractivity contribution is -0.140. The first-order valence-corrected chi connectivity index (χ1v) is 7.71. The van der Waals surface area contributed by atoms with Gasteiger partial charge in [-0.15, -0.1) is 0 Å². The average molecular weight is 272 g/mol. The fraction of sp³-hybridized carbons (Fsp3) is 0.750. The third-order valence-corrected chi connectivity index (χ3v) is 5.99. The molecule has 5 fully saturated rings. The summed E-state index contributed by atoms with van der Waals surface area (Å²) in [6, 6.07) is 1.97. The van der Waals surface area contributed by atoms with Gasteiger partial charge in [-0.2, -0.15) is 5.26 Å². The SMILES string of the molecule is CN1C(=O)C(C2C3CC4CC(C3)CC2C4)O/C1=C/C#N. The molecule has 4 bridgehead atoms. The minimum atomic E-state index is -0.338. The lowest BCUT2D eigenvalue weighted by Gasteiger charge is -2.55. The Kier molecular flexibility index (Phi) is 2.60. The summed E-state index contributed by atoms with van der Waals surface area (Å²) in [4.78, 5) is 14.0. The van der Waals surface area contributed by atoms with Crippen LogP contribution in [0.1, 0.15) is 32.1 Å². The fourth-order valence-corrected chi connectivity index (χ4v) is 5.45. The molecule has 4 saturated carbocycles. The summed E-state index contributed by atoms with van der Waals surface area (Å²) >= 11 is 0. The van der Waals surface area contributed by atoms with Gasteiger partial charge in [0.2, 0.25) is 5.88 Å². The van der Waals surface area contributed by atoms with Crippen LogP contribution in [0.3, 0.4) is 0 Å². The van der Waals surface area contributed by atoms with Gasteiger partial charge in [-0.25, -0.2) is 0 Å². The van der Waals surface area contributed by atoms with Gasteiger partial charge >= 0.3 is 0 Å². The van der Waals surface area contributed by atoms with E-state index in [0.717, 1.165) is 11.8 Å². The molecule has 0 spiro atoms. The number of hydrogen-bond donors (Lipinski definition) is 0. The zero-order chi connectivity index (χ0) is 13.9. The van der Waals surface area contributed by atoms with E-state index in [-0.39, 0.29) is 12.0 Å². The van der Waals surface area contributed by atoms with Gasteiger partial charge in [0, 0.05) is 13.0 Å². The number of hydrogen-bond acceptors (Lipinski definition) is 3. The largest absolute Gasteiger partial charge is 0.464 e. The van der Waals surface area contributed by atoms with E-state index >= 15 is 0 Å². The van der Waals surface area contributed by atoms with Gasteiger partial charge in [0.25, 0.3) is 5.91 Å². The number of carbonyl (C=O) groups is 1. The van der Waals surface area contributed by atoms with Gasteiger partial charge in [0.1, 0.15) is 0 Å². The van der Waals surface area contributed by atoms with Crippen LogP contribution in [0, 0.1) is 40.9 Å². The molecular weight excluding hydrogens is 252 g/mol. The molecule has 4 heteroatoms. The van der Waals surface area contributed by atoms with E-state index in [2.05, 4.69) is 0 Å². The number of rotatable bonds is 1. The van der Waals surface area contributed by atoms with Gasteiger partial charge in [-0.1, -0.05) is 0 Å². The Morgan fingerprint density at radius 1 is 1.20 bits per heavy atom. The second kappa shape index (κ2) is 4.25. The molecule has 4 aliphatic carbocycles. The van der Waals surface area contributed by atoms with Gasteiger partial charge in [-0.3, -0.25) is 9.69 Å². The van der Waals surface area contributed by atoms with Gasteiger partial charge < -0.3 is 4.74 Å². The highest BCUT2D eigenvalue weighted by Crippen LogP contribution is 2.58. The maximum atomic E-state index is 12.5. The smallest absolute Gasteiger partial charge is 0.270 e. The van der Waals surface area contributed by atoms with Gasteiger partial charge in [-0.05, 0) is 55.8 Å². The zero-order valence-corrected chi connectivity index (χ0v) is 11.8. The maximum Gasteiger partial charge on any atom is 0.270 e. The standard InChI is InChI=1S/C16H20N2O2/c1-18-13(2-3-17)20-15(16(18)19)14-11-5-9-4-10(7-11)8-12(14)6-9/h2,9-12,14-15H,4-8H2,1H3/b13-2+. The molecular formula is C16H20N2O2. The molecule has 5 rings (SSSR count). The summed E-state index contributed by atoms with van der Waals surface area (Å²) in [5.74, 6) is 3.97. The molecule has 1 unspecified atom stereocenters. The second-order valence-corrected chi connectivity index (χ2v) is 7.06. The van der Waals surface area contributed by atoms with Crippen LogP contribution in [0.2, 0.25) is 0 Å². The Bertz CT molecular complexity index is 491. The summed E-state index contributed by atoms with van der Waals surface area (Å²) < 4.78 is 5.87. The average Bonchev–Trinajstić information content (AvgIpc) is 2.67. The monoisotopic (exact) mass is 272 g/mol. The van der Waals surface area contributed by atoms with E-state index < -0.39 is 0 Å². The molecule has 1 atom stereocenters. The Hall–Kier alpha value is -1.50. The molecule has 1 heterocycles. The van der Waals surface area contributed by atoms with Crippen molar-refractivity contribution in [3.05, 3.63) is 12.0 Å².